The SMILES string of the molecule is Cc1cc(NC(=O)C(=O)N2C[C@H](C)CC[C@H]2c2ccccc2)cnc1C. The highest BCUT2D eigenvalue weighted by molar-refractivity contribution is 6.39. The third kappa shape index (κ3) is 3.93. The zero-order valence-corrected chi connectivity index (χ0v) is 15.5. The van der Waals surface area contributed by atoms with Gasteiger partial charge < -0.3 is 10.2 Å². The first-order valence-corrected chi connectivity index (χ1v) is 9.06. The quantitative estimate of drug-likeness (QED) is 0.840. The van der Waals surface area contributed by atoms with Gasteiger partial charge in [-0.2, -0.15) is 0 Å². The maximum absolute atomic E-state index is 12.9. The van der Waals surface area contributed by atoms with Crippen molar-refractivity contribution < 1.29 is 9.59 Å². The Morgan fingerprint density at radius 1 is 1.15 bits per heavy atom. The van der Waals surface area contributed by atoms with Gasteiger partial charge in [0.25, 0.3) is 0 Å². The van der Waals surface area contributed by atoms with Crippen LogP contribution in [0.3, 0.4) is 0 Å². The second kappa shape index (κ2) is 7.68. The maximum Gasteiger partial charge on any atom is 0.313 e. The summed E-state index contributed by atoms with van der Waals surface area (Å²) in [4.78, 5) is 31.4. The molecule has 1 N–H and O–H groups in total. The van der Waals surface area contributed by atoms with Crippen molar-refractivity contribution in [1.82, 2.24) is 9.88 Å². The molecule has 3 rings (SSSR count). The fraction of sp³-hybridized carbons (Fsp3) is 0.381. The predicted octanol–water partition coefficient (Wildman–Crippen LogP) is 3.64. The van der Waals surface area contributed by atoms with E-state index in [2.05, 4.69) is 17.2 Å². The van der Waals surface area contributed by atoms with E-state index >= 15 is 0 Å². The molecule has 0 radical (unpaired) electrons. The van der Waals surface area contributed by atoms with Crippen LogP contribution in [0, 0.1) is 19.8 Å². The summed E-state index contributed by atoms with van der Waals surface area (Å²) in [7, 11) is 0. The lowest BCUT2D eigenvalue weighted by Gasteiger charge is -2.38. The number of carbonyl (C=O) groups is 2. The number of piperidine rings is 1. The minimum atomic E-state index is -0.606. The summed E-state index contributed by atoms with van der Waals surface area (Å²) in [6, 6.07) is 11.7. The number of hydrogen-bond acceptors (Lipinski definition) is 3. The Hall–Kier alpha value is -2.69. The lowest BCUT2D eigenvalue weighted by Crippen LogP contribution is -2.46. The van der Waals surface area contributed by atoms with Crippen LogP contribution in [-0.4, -0.2) is 28.2 Å². The lowest BCUT2D eigenvalue weighted by atomic mass is 9.90. The Bertz CT molecular complexity index is 804. The van der Waals surface area contributed by atoms with Gasteiger partial charge in [-0.05, 0) is 49.8 Å². The standard InChI is InChI=1S/C21H25N3O2/c1-14-9-10-19(17-7-5-4-6-8-17)24(13-14)21(26)20(25)23-18-11-15(2)16(3)22-12-18/h4-8,11-12,14,19H,9-10,13H2,1-3H3,(H,23,25)/t14-,19+/m1/s1. The molecular weight excluding hydrogens is 326 g/mol. The van der Waals surface area contributed by atoms with Crippen LogP contribution in [0.1, 0.15) is 42.6 Å². The van der Waals surface area contributed by atoms with Gasteiger partial charge in [0.2, 0.25) is 0 Å². The van der Waals surface area contributed by atoms with Gasteiger partial charge in [0.1, 0.15) is 0 Å². The van der Waals surface area contributed by atoms with Crippen LogP contribution in [0.2, 0.25) is 0 Å². The molecule has 1 fully saturated rings. The first-order chi connectivity index (χ1) is 12.5. The van der Waals surface area contributed by atoms with Crippen LogP contribution in [0.4, 0.5) is 5.69 Å². The van der Waals surface area contributed by atoms with Crippen molar-refractivity contribution in [3.05, 3.63) is 59.4 Å². The van der Waals surface area contributed by atoms with Crippen LogP contribution in [0.5, 0.6) is 0 Å². The smallest absolute Gasteiger partial charge is 0.313 e. The predicted molar refractivity (Wildman–Crippen MR) is 102 cm³/mol. The van der Waals surface area contributed by atoms with Crippen molar-refractivity contribution in [2.24, 2.45) is 5.92 Å². The van der Waals surface area contributed by atoms with Gasteiger partial charge >= 0.3 is 11.8 Å². The third-order valence-corrected chi connectivity index (χ3v) is 5.05. The minimum Gasteiger partial charge on any atom is -0.327 e. The first-order valence-electron chi connectivity index (χ1n) is 9.06. The van der Waals surface area contributed by atoms with E-state index in [0.29, 0.717) is 18.2 Å². The molecule has 0 spiro atoms. The summed E-state index contributed by atoms with van der Waals surface area (Å²) in [6.45, 7) is 6.55. The summed E-state index contributed by atoms with van der Waals surface area (Å²) >= 11 is 0. The van der Waals surface area contributed by atoms with E-state index in [1.165, 1.54) is 0 Å². The fourth-order valence-corrected chi connectivity index (χ4v) is 3.43. The minimum absolute atomic E-state index is 0.0523. The van der Waals surface area contributed by atoms with Crippen LogP contribution in [0.15, 0.2) is 42.6 Å². The Labute approximate surface area is 154 Å². The van der Waals surface area contributed by atoms with Gasteiger partial charge in [0.15, 0.2) is 0 Å². The summed E-state index contributed by atoms with van der Waals surface area (Å²) in [5, 5.41) is 2.70. The van der Waals surface area contributed by atoms with Crippen molar-refractivity contribution in [3.8, 4) is 0 Å². The van der Waals surface area contributed by atoms with Crippen molar-refractivity contribution >= 4 is 17.5 Å². The van der Waals surface area contributed by atoms with E-state index in [4.69, 9.17) is 0 Å². The molecule has 2 atom stereocenters. The Balaban J connectivity index is 1.78. The molecule has 136 valence electrons. The van der Waals surface area contributed by atoms with Crippen LogP contribution >= 0.6 is 0 Å². The highest BCUT2D eigenvalue weighted by Crippen LogP contribution is 2.33. The van der Waals surface area contributed by atoms with Crippen LogP contribution < -0.4 is 5.32 Å². The van der Waals surface area contributed by atoms with Gasteiger partial charge in [-0.15, -0.1) is 0 Å². The third-order valence-electron chi connectivity index (χ3n) is 5.05. The number of likely N-dealkylation sites (tertiary alicyclic amines) is 1. The monoisotopic (exact) mass is 351 g/mol. The van der Waals surface area contributed by atoms with Crippen LogP contribution in [0.25, 0.3) is 0 Å². The highest BCUT2D eigenvalue weighted by atomic mass is 16.2. The Morgan fingerprint density at radius 2 is 1.88 bits per heavy atom. The molecule has 0 saturated carbocycles. The van der Waals surface area contributed by atoms with Gasteiger partial charge in [0.05, 0.1) is 17.9 Å². The molecule has 0 unspecified atom stereocenters. The molecular formula is C21H25N3O2. The second-order valence-corrected chi connectivity index (χ2v) is 7.15. The van der Waals surface area contributed by atoms with Gasteiger partial charge in [0, 0.05) is 12.2 Å². The highest BCUT2D eigenvalue weighted by Gasteiger charge is 2.34. The topological polar surface area (TPSA) is 62.3 Å². The summed E-state index contributed by atoms with van der Waals surface area (Å²) < 4.78 is 0. The second-order valence-electron chi connectivity index (χ2n) is 7.15. The molecule has 1 saturated heterocycles. The molecule has 1 aromatic carbocycles. The average Bonchev–Trinajstić information content (AvgIpc) is 2.64. The number of aryl methyl sites for hydroxylation is 2. The normalized spacial score (nSPS) is 19.9. The number of pyridine rings is 1. The number of aromatic nitrogens is 1. The van der Waals surface area contributed by atoms with Crippen molar-refractivity contribution in [2.45, 2.75) is 39.7 Å². The van der Waals surface area contributed by atoms with Gasteiger partial charge in [-0.25, -0.2) is 0 Å². The number of hydrogen-bond donors (Lipinski definition) is 1. The van der Waals surface area contributed by atoms with E-state index in [1.807, 2.05) is 50.2 Å². The summed E-state index contributed by atoms with van der Waals surface area (Å²) in [6.07, 6.45) is 3.50. The zero-order chi connectivity index (χ0) is 18.7. The van der Waals surface area contributed by atoms with E-state index in [0.717, 1.165) is 29.7 Å². The molecule has 0 aliphatic carbocycles. The fourth-order valence-electron chi connectivity index (χ4n) is 3.43. The summed E-state index contributed by atoms with van der Waals surface area (Å²) in [5.74, 6) is -0.705. The number of rotatable bonds is 2. The molecule has 2 aromatic rings. The Kier molecular flexibility index (Phi) is 5.35. The zero-order valence-electron chi connectivity index (χ0n) is 15.5. The van der Waals surface area contributed by atoms with Gasteiger partial charge in [-0.3, -0.25) is 14.6 Å². The molecule has 0 bridgehead atoms. The van der Waals surface area contributed by atoms with Crippen molar-refractivity contribution in [1.29, 1.82) is 0 Å². The largest absolute Gasteiger partial charge is 0.327 e. The number of benzene rings is 1. The van der Waals surface area contributed by atoms with E-state index in [1.54, 1.807) is 11.1 Å². The number of amides is 2. The van der Waals surface area contributed by atoms with Gasteiger partial charge in [-0.1, -0.05) is 37.3 Å². The molecule has 2 heterocycles. The molecule has 26 heavy (non-hydrogen) atoms. The molecule has 1 aromatic heterocycles. The van der Waals surface area contributed by atoms with Crippen molar-refractivity contribution in [2.75, 3.05) is 11.9 Å². The number of carbonyl (C=O) groups excluding carboxylic acids is 2. The van der Waals surface area contributed by atoms with E-state index in [9.17, 15) is 9.59 Å². The number of nitrogens with zero attached hydrogens (tertiary/aromatic N) is 2. The molecule has 1 aliphatic heterocycles. The number of anilines is 1. The maximum atomic E-state index is 12.9. The van der Waals surface area contributed by atoms with Crippen molar-refractivity contribution in [3.63, 3.8) is 0 Å². The van der Waals surface area contributed by atoms with E-state index in [-0.39, 0.29) is 6.04 Å². The molecule has 5 heteroatoms. The van der Waals surface area contributed by atoms with Crippen LogP contribution in [-0.2, 0) is 9.59 Å². The van der Waals surface area contributed by atoms with E-state index < -0.39 is 11.8 Å². The molecule has 1 aliphatic rings. The molecule has 5 nitrogen and oxygen atoms in total. The number of nitrogens with one attached hydrogen (secondary N) is 1. The lowest BCUT2D eigenvalue weighted by molar-refractivity contribution is -0.146. The molecule has 2 amide bonds. The summed E-state index contributed by atoms with van der Waals surface area (Å²) in [5.41, 5.74) is 3.51. The first kappa shape index (κ1) is 18.1. The average molecular weight is 351 g/mol. The Morgan fingerprint density at radius 3 is 2.58 bits per heavy atom.